The number of amides is 3. The lowest BCUT2D eigenvalue weighted by Gasteiger charge is -2.64. The molecule has 0 spiro atoms. The van der Waals surface area contributed by atoms with Crippen molar-refractivity contribution in [2.45, 2.75) is 111 Å². The smallest absolute Gasteiger partial charge is 0.404 e. The van der Waals surface area contributed by atoms with Crippen LogP contribution in [0.5, 0.6) is 0 Å². The van der Waals surface area contributed by atoms with Crippen molar-refractivity contribution in [2.24, 2.45) is 23.2 Å². The monoisotopic (exact) mass is 629 g/mol. The molecule has 6 atom stereocenters. The van der Waals surface area contributed by atoms with Gasteiger partial charge in [-0.1, -0.05) is 70.9 Å². The summed E-state index contributed by atoms with van der Waals surface area (Å²) >= 11 is 0. The Balaban J connectivity index is 1.31. The van der Waals surface area contributed by atoms with Crippen molar-refractivity contribution in [3.8, 4) is 0 Å². The van der Waals surface area contributed by atoms with Gasteiger partial charge < -0.3 is 25.3 Å². The number of rotatable bonds is 13. The average Bonchev–Trinajstić information content (AvgIpc) is 3.39. The van der Waals surface area contributed by atoms with Crippen LogP contribution in [0, 0.1) is 30.1 Å². The van der Waals surface area contributed by atoms with Gasteiger partial charge in [-0.25, -0.2) is 0 Å². The predicted molar refractivity (Wildman–Crippen MR) is 181 cm³/mol. The normalized spacial score (nSPS) is 25.7. The van der Waals surface area contributed by atoms with E-state index in [9.17, 15) is 14.4 Å². The summed E-state index contributed by atoms with van der Waals surface area (Å²) in [6.45, 7) is 15.1. The van der Waals surface area contributed by atoms with Crippen LogP contribution in [-0.2, 0) is 20.5 Å². The second-order valence-corrected chi connectivity index (χ2v) is 15.0. The highest BCUT2D eigenvalue weighted by atomic mass is 16.7. The van der Waals surface area contributed by atoms with Crippen LogP contribution in [0.25, 0.3) is 0 Å². The summed E-state index contributed by atoms with van der Waals surface area (Å²) in [7, 11) is -0.592. The lowest BCUT2D eigenvalue weighted by atomic mass is 9.43. The number of carbonyl (C=O) groups is 3. The minimum atomic E-state index is -1.01. The number of carbonyl (C=O) groups excluding carboxylic acids is 3. The zero-order valence-corrected chi connectivity index (χ0v) is 28.7. The maximum Gasteiger partial charge on any atom is 0.481 e. The molecule has 0 radical (unpaired) electrons. The molecule has 3 aliphatic carbocycles. The Hall–Kier alpha value is -3.17. The minimum absolute atomic E-state index is 0.00886. The Bertz CT molecular complexity index is 1390. The van der Waals surface area contributed by atoms with Crippen LogP contribution < -0.4 is 16.0 Å². The molecule has 8 nitrogen and oxygen atoms in total. The van der Waals surface area contributed by atoms with E-state index in [1.165, 1.54) is 5.56 Å². The number of nitrogens with one attached hydrogen (secondary N) is 3. The second kappa shape index (κ2) is 13.9. The van der Waals surface area contributed by atoms with E-state index in [-0.39, 0.29) is 41.7 Å². The van der Waals surface area contributed by atoms with E-state index in [0.717, 1.165) is 37.7 Å². The molecule has 46 heavy (non-hydrogen) atoms. The van der Waals surface area contributed by atoms with Crippen LogP contribution in [0.15, 0.2) is 48.5 Å². The van der Waals surface area contributed by atoms with Crippen molar-refractivity contribution in [3.63, 3.8) is 0 Å². The molecule has 4 aliphatic rings. The van der Waals surface area contributed by atoms with Crippen molar-refractivity contribution in [1.29, 1.82) is 0 Å². The Morgan fingerprint density at radius 2 is 1.59 bits per heavy atom. The van der Waals surface area contributed by atoms with E-state index in [2.05, 4.69) is 57.5 Å². The molecule has 1 heterocycles. The number of unbranched alkanes of at least 4 members (excludes halogenated alkanes) is 1. The molecular formula is C37H52BN3O5. The van der Waals surface area contributed by atoms with Gasteiger partial charge in [0.15, 0.2) is 0 Å². The third-order valence-corrected chi connectivity index (χ3v) is 10.8. The van der Waals surface area contributed by atoms with Crippen molar-refractivity contribution >= 4 is 24.8 Å². The first kappa shape index (κ1) is 34.2. The average molecular weight is 630 g/mol. The molecule has 3 N–H and O–H groups in total. The SMILES string of the molecule is CCCCc1ccc(C(=O)N[C@H](CNC(=O)c2ccc(C)cc2)C(=O)N[C@@H](CC(C)C)B2O[C@@H]3C[C@H]4C[C@H](C4(C)C)[C@]3(C)O2)cc1. The summed E-state index contributed by atoms with van der Waals surface area (Å²) in [5, 5.41) is 8.93. The molecule has 248 valence electrons. The fourth-order valence-electron chi connectivity index (χ4n) is 7.76. The molecule has 3 amide bonds. The summed E-state index contributed by atoms with van der Waals surface area (Å²) in [6.07, 6.45) is 5.87. The van der Waals surface area contributed by atoms with Gasteiger partial charge in [-0.3, -0.25) is 14.4 Å². The van der Waals surface area contributed by atoms with Crippen LogP contribution in [0.4, 0.5) is 0 Å². The Morgan fingerprint density at radius 1 is 0.935 bits per heavy atom. The van der Waals surface area contributed by atoms with Crippen molar-refractivity contribution in [1.82, 2.24) is 16.0 Å². The van der Waals surface area contributed by atoms with Gasteiger partial charge >= 0.3 is 7.12 Å². The van der Waals surface area contributed by atoms with Gasteiger partial charge in [-0.05, 0) is 98.9 Å². The zero-order valence-electron chi connectivity index (χ0n) is 28.7. The summed E-state index contributed by atoms with van der Waals surface area (Å²) in [4.78, 5) is 40.4. The number of hydrogen-bond acceptors (Lipinski definition) is 5. The maximum atomic E-state index is 14.0. The van der Waals surface area contributed by atoms with E-state index in [0.29, 0.717) is 29.4 Å². The molecule has 2 bridgehead atoms. The van der Waals surface area contributed by atoms with Crippen LogP contribution in [0.1, 0.15) is 105 Å². The van der Waals surface area contributed by atoms with Crippen molar-refractivity contribution < 1.29 is 23.7 Å². The summed E-state index contributed by atoms with van der Waals surface area (Å²) in [6, 6.07) is 13.7. The Morgan fingerprint density at radius 3 is 2.22 bits per heavy atom. The lowest BCUT2D eigenvalue weighted by molar-refractivity contribution is -0.199. The molecule has 2 aromatic rings. The summed E-state index contributed by atoms with van der Waals surface area (Å²) in [5.41, 5.74) is 2.97. The van der Waals surface area contributed by atoms with E-state index < -0.39 is 24.7 Å². The van der Waals surface area contributed by atoms with E-state index in [1.54, 1.807) is 24.3 Å². The first-order valence-electron chi connectivity index (χ1n) is 17.2. The highest BCUT2D eigenvalue weighted by Crippen LogP contribution is 2.65. The van der Waals surface area contributed by atoms with Crippen molar-refractivity contribution in [3.05, 3.63) is 70.8 Å². The molecule has 6 rings (SSSR count). The maximum absolute atomic E-state index is 14.0. The van der Waals surface area contributed by atoms with E-state index in [4.69, 9.17) is 9.31 Å². The molecule has 2 aromatic carbocycles. The van der Waals surface area contributed by atoms with Gasteiger partial charge in [0.2, 0.25) is 5.91 Å². The van der Waals surface area contributed by atoms with Crippen LogP contribution in [-0.4, -0.2) is 55.1 Å². The van der Waals surface area contributed by atoms with Gasteiger partial charge in [0.1, 0.15) is 6.04 Å². The zero-order chi connectivity index (χ0) is 33.2. The Labute approximate surface area is 275 Å². The fourth-order valence-corrected chi connectivity index (χ4v) is 7.76. The van der Waals surface area contributed by atoms with Gasteiger partial charge in [-0.15, -0.1) is 0 Å². The number of aryl methyl sites for hydroxylation is 2. The number of hydrogen-bond donors (Lipinski definition) is 3. The second-order valence-electron chi connectivity index (χ2n) is 15.0. The standard InChI is InChI=1S/C37H52BN3O5/c1-8-9-10-25-13-17-27(18-14-25)34(43)40-29(22-39-33(42)26-15-11-24(4)12-16-26)35(44)41-32(19-23(2)3)38-45-31-21-28-20-30(36(28,5)6)37(31,7)46-38/h11-18,23,28-32H,8-10,19-22H2,1-7H3,(H,39,42)(H,40,43)(H,41,44)/t28-,29-,30-,31-,32+,37+/m1/s1. The third-order valence-electron chi connectivity index (χ3n) is 10.8. The fraction of sp³-hybridized carbons (Fsp3) is 0.595. The molecule has 9 heteroatoms. The molecule has 0 aromatic heterocycles. The lowest BCUT2D eigenvalue weighted by Crippen LogP contribution is -2.65. The van der Waals surface area contributed by atoms with Crippen molar-refractivity contribution in [2.75, 3.05) is 6.54 Å². The quantitative estimate of drug-likeness (QED) is 0.248. The first-order chi connectivity index (χ1) is 21.8. The molecule has 1 aliphatic heterocycles. The molecule has 1 saturated heterocycles. The van der Waals surface area contributed by atoms with E-state index in [1.807, 2.05) is 31.2 Å². The van der Waals surface area contributed by atoms with Gasteiger partial charge in [0.05, 0.1) is 17.6 Å². The molecule has 0 unspecified atom stereocenters. The highest BCUT2D eigenvalue weighted by Gasteiger charge is 2.68. The summed E-state index contributed by atoms with van der Waals surface area (Å²) < 4.78 is 13.3. The van der Waals surface area contributed by atoms with Crippen LogP contribution in [0.2, 0.25) is 0 Å². The largest absolute Gasteiger partial charge is 0.481 e. The Kier molecular flexibility index (Phi) is 10.3. The molecular weight excluding hydrogens is 577 g/mol. The molecule has 3 saturated carbocycles. The van der Waals surface area contributed by atoms with Crippen LogP contribution >= 0.6 is 0 Å². The predicted octanol–water partition coefficient (Wildman–Crippen LogP) is 5.66. The minimum Gasteiger partial charge on any atom is -0.404 e. The first-order valence-corrected chi connectivity index (χ1v) is 17.2. The summed E-state index contributed by atoms with van der Waals surface area (Å²) in [5.74, 6) is -0.207. The van der Waals surface area contributed by atoms with Gasteiger partial charge in [0, 0.05) is 17.7 Å². The molecule has 4 fully saturated rings. The van der Waals surface area contributed by atoms with Gasteiger partial charge in [-0.2, -0.15) is 0 Å². The van der Waals surface area contributed by atoms with Crippen LogP contribution in [0.3, 0.4) is 0 Å². The topological polar surface area (TPSA) is 106 Å². The third kappa shape index (κ3) is 7.20. The highest BCUT2D eigenvalue weighted by molar-refractivity contribution is 6.48. The van der Waals surface area contributed by atoms with Gasteiger partial charge in [0.25, 0.3) is 11.8 Å². The van der Waals surface area contributed by atoms with E-state index >= 15 is 0 Å². The number of benzene rings is 2.